The summed E-state index contributed by atoms with van der Waals surface area (Å²) in [4.78, 5) is 2.46. The standard InChI is InChI=1S/C23H26ClN3O/c24-21-7-1-5-19(13-21)15-23(18-28)9-3-11-26(17-23)16-20-6-2-8-22(14-20)27-12-4-10-25-27/h1-2,4-8,10,12-14,28H,3,9,11,15-18H2. The Hall–Kier alpha value is -2.14. The molecule has 0 bridgehead atoms. The lowest BCUT2D eigenvalue weighted by Gasteiger charge is -2.42. The van der Waals surface area contributed by atoms with Gasteiger partial charge in [-0.3, -0.25) is 4.90 Å². The summed E-state index contributed by atoms with van der Waals surface area (Å²) in [6.45, 7) is 3.03. The zero-order chi connectivity index (χ0) is 19.4. The number of halogens is 1. The summed E-state index contributed by atoms with van der Waals surface area (Å²) >= 11 is 6.16. The number of nitrogens with zero attached hydrogens (tertiary/aromatic N) is 3. The minimum Gasteiger partial charge on any atom is -0.396 e. The van der Waals surface area contributed by atoms with Crippen LogP contribution in [-0.4, -0.2) is 39.5 Å². The predicted octanol–water partition coefficient (Wildman–Crippen LogP) is 4.34. The summed E-state index contributed by atoms with van der Waals surface area (Å²) in [5, 5.41) is 15.3. The fourth-order valence-electron chi connectivity index (χ4n) is 4.33. The molecule has 28 heavy (non-hydrogen) atoms. The van der Waals surface area contributed by atoms with Crippen LogP contribution in [0.4, 0.5) is 0 Å². The topological polar surface area (TPSA) is 41.3 Å². The van der Waals surface area contributed by atoms with Gasteiger partial charge in [-0.2, -0.15) is 5.10 Å². The van der Waals surface area contributed by atoms with Gasteiger partial charge in [0.05, 0.1) is 12.3 Å². The first-order chi connectivity index (χ1) is 13.7. The molecule has 1 saturated heterocycles. The molecule has 4 rings (SSSR count). The van der Waals surface area contributed by atoms with Gasteiger partial charge < -0.3 is 5.11 Å². The van der Waals surface area contributed by atoms with Crippen molar-refractivity contribution in [1.29, 1.82) is 0 Å². The van der Waals surface area contributed by atoms with Gasteiger partial charge in [0.1, 0.15) is 0 Å². The van der Waals surface area contributed by atoms with Crippen LogP contribution in [0.15, 0.2) is 67.0 Å². The molecule has 1 fully saturated rings. The number of rotatable bonds is 6. The fourth-order valence-corrected chi connectivity index (χ4v) is 4.54. The number of piperidine rings is 1. The summed E-state index contributed by atoms with van der Waals surface area (Å²) in [6, 6.07) is 18.5. The van der Waals surface area contributed by atoms with Gasteiger partial charge in [-0.15, -0.1) is 0 Å². The largest absolute Gasteiger partial charge is 0.396 e. The average Bonchev–Trinajstić information content (AvgIpc) is 3.23. The maximum absolute atomic E-state index is 10.3. The normalized spacial score (nSPS) is 20.4. The van der Waals surface area contributed by atoms with E-state index in [0.717, 1.165) is 49.6 Å². The predicted molar refractivity (Wildman–Crippen MR) is 113 cm³/mol. The monoisotopic (exact) mass is 395 g/mol. The molecule has 0 aliphatic carbocycles. The van der Waals surface area contributed by atoms with E-state index in [1.165, 1.54) is 11.1 Å². The van der Waals surface area contributed by atoms with E-state index in [1.807, 2.05) is 35.1 Å². The van der Waals surface area contributed by atoms with E-state index in [1.54, 1.807) is 6.20 Å². The van der Waals surface area contributed by atoms with Gasteiger partial charge in [0.25, 0.3) is 0 Å². The Morgan fingerprint density at radius 3 is 2.71 bits per heavy atom. The Morgan fingerprint density at radius 1 is 1.07 bits per heavy atom. The van der Waals surface area contributed by atoms with Crippen molar-refractivity contribution in [3.63, 3.8) is 0 Å². The van der Waals surface area contributed by atoms with Gasteiger partial charge in [-0.05, 0) is 67.3 Å². The van der Waals surface area contributed by atoms with E-state index in [-0.39, 0.29) is 12.0 Å². The number of likely N-dealkylation sites (tertiary alicyclic amines) is 1. The number of aliphatic hydroxyl groups is 1. The van der Waals surface area contributed by atoms with Crippen LogP contribution < -0.4 is 0 Å². The van der Waals surface area contributed by atoms with Crippen molar-refractivity contribution in [2.45, 2.75) is 25.8 Å². The van der Waals surface area contributed by atoms with Gasteiger partial charge in [-0.25, -0.2) is 4.68 Å². The number of benzene rings is 2. The second-order valence-corrected chi connectivity index (χ2v) is 8.34. The smallest absolute Gasteiger partial charge is 0.0648 e. The van der Waals surface area contributed by atoms with Crippen molar-refractivity contribution < 1.29 is 5.11 Å². The second-order valence-electron chi connectivity index (χ2n) is 7.90. The van der Waals surface area contributed by atoms with Crippen molar-refractivity contribution in [3.05, 3.63) is 83.1 Å². The van der Waals surface area contributed by atoms with Gasteiger partial charge in [0.15, 0.2) is 0 Å². The van der Waals surface area contributed by atoms with Gasteiger partial charge >= 0.3 is 0 Å². The van der Waals surface area contributed by atoms with E-state index in [4.69, 9.17) is 11.6 Å². The summed E-state index contributed by atoms with van der Waals surface area (Å²) in [5.74, 6) is 0. The third-order valence-corrected chi connectivity index (χ3v) is 5.86. The minimum absolute atomic E-state index is 0.109. The van der Waals surface area contributed by atoms with Gasteiger partial charge in [0.2, 0.25) is 0 Å². The summed E-state index contributed by atoms with van der Waals surface area (Å²) in [7, 11) is 0. The third-order valence-electron chi connectivity index (χ3n) is 5.63. The average molecular weight is 396 g/mol. The highest BCUT2D eigenvalue weighted by atomic mass is 35.5. The lowest BCUT2D eigenvalue weighted by Crippen LogP contribution is -2.46. The zero-order valence-corrected chi connectivity index (χ0v) is 16.7. The van der Waals surface area contributed by atoms with Crippen LogP contribution in [0.25, 0.3) is 5.69 Å². The quantitative estimate of drug-likeness (QED) is 0.674. The third kappa shape index (κ3) is 4.46. The van der Waals surface area contributed by atoms with Crippen LogP contribution in [0.2, 0.25) is 5.02 Å². The molecule has 4 nitrogen and oxygen atoms in total. The van der Waals surface area contributed by atoms with Crippen molar-refractivity contribution in [2.24, 2.45) is 5.41 Å². The molecule has 1 N–H and O–H groups in total. The Labute approximate surface area is 171 Å². The Balaban J connectivity index is 1.48. The highest BCUT2D eigenvalue weighted by Gasteiger charge is 2.35. The fraction of sp³-hybridized carbons (Fsp3) is 0.348. The van der Waals surface area contributed by atoms with E-state index in [9.17, 15) is 5.11 Å². The van der Waals surface area contributed by atoms with Crippen molar-refractivity contribution in [3.8, 4) is 5.69 Å². The molecule has 2 heterocycles. The molecule has 1 unspecified atom stereocenters. The molecular formula is C23H26ClN3O. The molecular weight excluding hydrogens is 370 g/mol. The minimum atomic E-state index is -0.109. The molecule has 3 aromatic rings. The van der Waals surface area contributed by atoms with Gasteiger partial charge in [0, 0.05) is 35.9 Å². The van der Waals surface area contributed by atoms with E-state index >= 15 is 0 Å². The molecule has 146 valence electrons. The Bertz CT molecular complexity index is 912. The molecule has 0 spiro atoms. The molecule has 1 aliphatic rings. The maximum Gasteiger partial charge on any atom is 0.0648 e. The highest BCUT2D eigenvalue weighted by Crippen LogP contribution is 2.34. The molecule has 0 amide bonds. The summed E-state index contributed by atoms with van der Waals surface area (Å²) in [5.41, 5.74) is 3.43. The van der Waals surface area contributed by atoms with Crippen LogP contribution in [-0.2, 0) is 13.0 Å². The Morgan fingerprint density at radius 2 is 1.93 bits per heavy atom. The molecule has 5 heteroatoms. The first-order valence-corrected chi connectivity index (χ1v) is 10.2. The van der Waals surface area contributed by atoms with Crippen LogP contribution in [0.1, 0.15) is 24.0 Å². The zero-order valence-electron chi connectivity index (χ0n) is 16.0. The van der Waals surface area contributed by atoms with E-state index in [0.29, 0.717) is 0 Å². The molecule has 1 aliphatic heterocycles. The van der Waals surface area contributed by atoms with Crippen LogP contribution >= 0.6 is 11.6 Å². The van der Waals surface area contributed by atoms with Crippen LogP contribution in [0, 0.1) is 5.41 Å². The van der Waals surface area contributed by atoms with Crippen molar-refractivity contribution >= 4 is 11.6 Å². The molecule has 0 saturated carbocycles. The highest BCUT2D eigenvalue weighted by molar-refractivity contribution is 6.30. The molecule has 1 atom stereocenters. The lowest BCUT2D eigenvalue weighted by atomic mass is 9.75. The first kappa shape index (κ1) is 19.2. The summed E-state index contributed by atoms with van der Waals surface area (Å²) < 4.78 is 1.89. The van der Waals surface area contributed by atoms with E-state index in [2.05, 4.69) is 40.3 Å². The Kier molecular flexibility index (Phi) is 5.81. The van der Waals surface area contributed by atoms with Crippen LogP contribution in [0.3, 0.4) is 0 Å². The SMILES string of the molecule is OCC1(Cc2cccc(Cl)c2)CCCN(Cc2cccc(-n3cccn3)c2)C1. The van der Waals surface area contributed by atoms with E-state index < -0.39 is 0 Å². The van der Waals surface area contributed by atoms with Crippen molar-refractivity contribution in [2.75, 3.05) is 19.7 Å². The lowest BCUT2D eigenvalue weighted by molar-refractivity contribution is 0.0288. The summed E-state index contributed by atoms with van der Waals surface area (Å²) in [6.07, 6.45) is 6.75. The molecule has 2 aromatic carbocycles. The first-order valence-electron chi connectivity index (χ1n) is 9.82. The number of aliphatic hydroxyl groups excluding tert-OH is 1. The van der Waals surface area contributed by atoms with Gasteiger partial charge in [-0.1, -0.05) is 35.9 Å². The van der Waals surface area contributed by atoms with Crippen molar-refractivity contribution in [1.82, 2.24) is 14.7 Å². The molecule has 1 aromatic heterocycles. The molecule has 0 radical (unpaired) electrons. The number of hydrogen-bond acceptors (Lipinski definition) is 3. The number of aromatic nitrogens is 2. The number of hydrogen-bond donors (Lipinski definition) is 1. The van der Waals surface area contributed by atoms with Crippen LogP contribution in [0.5, 0.6) is 0 Å². The second kappa shape index (κ2) is 8.48. The maximum atomic E-state index is 10.3.